The van der Waals surface area contributed by atoms with Crippen LogP contribution in [0, 0.1) is 0 Å². The van der Waals surface area contributed by atoms with E-state index in [2.05, 4.69) is 13.5 Å². The zero-order chi connectivity index (χ0) is 13.3. The van der Waals surface area contributed by atoms with Crippen molar-refractivity contribution in [2.24, 2.45) is 0 Å². The molecule has 98 valence electrons. The smallest absolute Gasteiger partial charge is 0.213 e. The van der Waals surface area contributed by atoms with E-state index in [4.69, 9.17) is 13.3 Å². The van der Waals surface area contributed by atoms with Crippen LogP contribution >= 0.6 is 0 Å². The minimum Gasteiger partial charge on any atom is -0.474 e. The van der Waals surface area contributed by atoms with Gasteiger partial charge in [0.15, 0.2) is 0 Å². The standard InChI is InChI=1S/C15H16O3Si/c1-12(13-6-3-9-16-13)19(2,14-7-4-10-17-14)15-8-5-11-18-15/h3-12H,1-2H3. The maximum absolute atomic E-state index is 5.70. The Morgan fingerprint density at radius 3 is 1.79 bits per heavy atom. The molecule has 0 bridgehead atoms. The minimum atomic E-state index is -2.13. The molecule has 0 aliphatic rings. The first-order valence-electron chi connectivity index (χ1n) is 6.34. The number of hydrogen-bond donors (Lipinski definition) is 0. The van der Waals surface area contributed by atoms with Crippen LogP contribution in [-0.4, -0.2) is 8.07 Å². The Morgan fingerprint density at radius 1 is 0.842 bits per heavy atom. The van der Waals surface area contributed by atoms with Crippen LogP contribution in [0.25, 0.3) is 0 Å². The van der Waals surface area contributed by atoms with Gasteiger partial charge in [-0.3, -0.25) is 0 Å². The second-order valence-corrected chi connectivity index (χ2v) is 9.15. The molecule has 1 unspecified atom stereocenters. The molecule has 3 nitrogen and oxygen atoms in total. The third kappa shape index (κ3) is 1.88. The summed E-state index contributed by atoms with van der Waals surface area (Å²) in [5, 5.41) is 2.01. The van der Waals surface area contributed by atoms with Crippen molar-refractivity contribution in [3.63, 3.8) is 0 Å². The molecular formula is C15H16O3Si. The molecule has 0 saturated heterocycles. The lowest BCUT2D eigenvalue weighted by Gasteiger charge is -2.28. The van der Waals surface area contributed by atoms with E-state index in [1.54, 1.807) is 18.8 Å². The van der Waals surface area contributed by atoms with Crippen LogP contribution in [0.15, 0.2) is 68.4 Å². The summed E-state index contributed by atoms with van der Waals surface area (Å²) in [4.78, 5) is 0. The summed E-state index contributed by atoms with van der Waals surface area (Å²) in [7, 11) is -2.13. The van der Waals surface area contributed by atoms with Crippen molar-refractivity contribution in [3.05, 3.63) is 60.9 Å². The lowest BCUT2D eigenvalue weighted by Crippen LogP contribution is -2.58. The van der Waals surface area contributed by atoms with Gasteiger partial charge in [0.05, 0.1) is 29.6 Å². The van der Waals surface area contributed by atoms with Crippen LogP contribution in [0.1, 0.15) is 18.2 Å². The second-order valence-electron chi connectivity index (χ2n) is 4.89. The van der Waals surface area contributed by atoms with Crippen molar-refractivity contribution in [1.29, 1.82) is 0 Å². The fourth-order valence-corrected chi connectivity index (χ4v) is 5.86. The van der Waals surface area contributed by atoms with Crippen molar-refractivity contribution in [2.75, 3.05) is 0 Å². The Morgan fingerprint density at radius 2 is 1.37 bits per heavy atom. The minimum absolute atomic E-state index is 0.236. The molecule has 3 rings (SSSR count). The molecule has 0 N–H and O–H groups in total. The van der Waals surface area contributed by atoms with Gasteiger partial charge in [0.1, 0.15) is 5.76 Å². The molecular weight excluding hydrogens is 256 g/mol. The number of rotatable bonds is 4. The molecule has 3 aromatic heterocycles. The third-order valence-electron chi connectivity index (χ3n) is 3.90. The normalized spacial score (nSPS) is 13.6. The lowest BCUT2D eigenvalue weighted by atomic mass is 10.3. The van der Waals surface area contributed by atoms with E-state index in [1.165, 1.54) is 0 Å². The van der Waals surface area contributed by atoms with Gasteiger partial charge in [0.2, 0.25) is 8.07 Å². The molecule has 19 heavy (non-hydrogen) atoms. The Bertz CT molecular complexity index is 574. The maximum atomic E-state index is 5.70. The Kier molecular flexibility index (Phi) is 2.95. The van der Waals surface area contributed by atoms with Crippen LogP contribution in [0.5, 0.6) is 0 Å². The quantitative estimate of drug-likeness (QED) is 0.685. The van der Waals surface area contributed by atoms with E-state index < -0.39 is 8.07 Å². The monoisotopic (exact) mass is 272 g/mol. The molecule has 0 radical (unpaired) electrons. The molecule has 0 aromatic carbocycles. The summed E-state index contributed by atoms with van der Waals surface area (Å²) >= 11 is 0. The van der Waals surface area contributed by atoms with Gasteiger partial charge >= 0.3 is 0 Å². The molecule has 3 heterocycles. The summed E-state index contributed by atoms with van der Waals surface area (Å²) in [5.74, 6) is 0.974. The molecule has 4 heteroatoms. The van der Waals surface area contributed by atoms with E-state index in [1.807, 2.05) is 36.4 Å². The zero-order valence-electron chi connectivity index (χ0n) is 11.0. The van der Waals surface area contributed by atoms with E-state index >= 15 is 0 Å². The van der Waals surface area contributed by atoms with Crippen LogP contribution in [-0.2, 0) is 0 Å². The van der Waals surface area contributed by atoms with Crippen molar-refractivity contribution in [1.82, 2.24) is 0 Å². The molecule has 3 aromatic rings. The highest BCUT2D eigenvalue weighted by molar-refractivity contribution is 7.00. The Balaban J connectivity index is 2.12. The van der Waals surface area contributed by atoms with Crippen LogP contribution in [0.4, 0.5) is 0 Å². The topological polar surface area (TPSA) is 39.4 Å². The second kappa shape index (κ2) is 4.62. The molecule has 0 fully saturated rings. The van der Waals surface area contributed by atoms with Crippen LogP contribution in [0.3, 0.4) is 0 Å². The largest absolute Gasteiger partial charge is 0.474 e. The highest BCUT2D eigenvalue weighted by Gasteiger charge is 2.45. The van der Waals surface area contributed by atoms with Gasteiger partial charge in [-0.25, -0.2) is 0 Å². The predicted octanol–water partition coefficient (Wildman–Crippen LogP) is 3.00. The van der Waals surface area contributed by atoms with Gasteiger partial charge in [0, 0.05) is 5.54 Å². The lowest BCUT2D eigenvalue weighted by molar-refractivity contribution is 0.503. The fraction of sp³-hybridized carbons (Fsp3) is 0.200. The number of furan rings is 3. The van der Waals surface area contributed by atoms with E-state index in [-0.39, 0.29) is 5.54 Å². The summed E-state index contributed by atoms with van der Waals surface area (Å²) in [6.07, 6.45) is 5.15. The van der Waals surface area contributed by atoms with E-state index in [0.29, 0.717) is 0 Å². The van der Waals surface area contributed by atoms with Gasteiger partial charge in [-0.05, 0) is 36.4 Å². The maximum Gasteiger partial charge on any atom is 0.213 e. The van der Waals surface area contributed by atoms with Crippen molar-refractivity contribution in [2.45, 2.75) is 19.0 Å². The Labute approximate surface area is 112 Å². The average Bonchev–Trinajstić information content (AvgIpc) is 3.19. The first-order chi connectivity index (χ1) is 9.23. The summed E-state index contributed by atoms with van der Waals surface area (Å²) in [5.41, 5.74) is 0.236. The van der Waals surface area contributed by atoms with Gasteiger partial charge in [-0.2, -0.15) is 0 Å². The van der Waals surface area contributed by atoms with Crippen molar-refractivity contribution >= 4 is 18.8 Å². The summed E-state index contributed by atoms with van der Waals surface area (Å²) in [6, 6.07) is 11.9. The highest BCUT2D eigenvalue weighted by atomic mass is 28.3. The fourth-order valence-electron chi connectivity index (χ4n) is 2.52. The van der Waals surface area contributed by atoms with Crippen molar-refractivity contribution < 1.29 is 13.3 Å². The van der Waals surface area contributed by atoms with Gasteiger partial charge in [-0.1, -0.05) is 13.5 Å². The number of hydrogen-bond acceptors (Lipinski definition) is 3. The molecule has 0 spiro atoms. The van der Waals surface area contributed by atoms with Crippen LogP contribution in [0.2, 0.25) is 6.55 Å². The van der Waals surface area contributed by atoms with Gasteiger partial charge in [-0.15, -0.1) is 0 Å². The first kappa shape index (κ1) is 12.1. The van der Waals surface area contributed by atoms with Gasteiger partial charge < -0.3 is 13.3 Å². The predicted molar refractivity (Wildman–Crippen MR) is 75.4 cm³/mol. The van der Waals surface area contributed by atoms with Gasteiger partial charge in [0.25, 0.3) is 0 Å². The highest BCUT2D eigenvalue weighted by Crippen LogP contribution is 2.27. The molecule has 0 amide bonds. The first-order valence-corrected chi connectivity index (χ1v) is 8.92. The molecule has 0 saturated carbocycles. The average molecular weight is 272 g/mol. The molecule has 0 aliphatic heterocycles. The summed E-state index contributed by atoms with van der Waals surface area (Å²) < 4.78 is 17.0. The van der Waals surface area contributed by atoms with Crippen LogP contribution < -0.4 is 10.8 Å². The Hall–Kier alpha value is -1.94. The molecule has 0 aliphatic carbocycles. The SMILES string of the molecule is CC(c1ccco1)[Si](C)(c1ccco1)c1ccco1. The van der Waals surface area contributed by atoms with E-state index in [0.717, 1.165) is 16.5 Å². The van der Waals surface area contributed by atoms with E-state index in [9.17, 15) is 0 Å². The van der Waals surface area contributed by atoms with Crippen molar-refractivity contribution in [3.8, 4) is 0 Å². The molecule has 1 atom stereocenters. The summed E-state index contributed by atoms with van der Waals surface area (Å²) in [6.45, 7) is 4.42. The zero-order valence-corrected chi connectivity index (χ0v) is 12.0. The third-order valence-corrected chi connectivity index (χ3v) is 8.54.